The number of carbonyl (C=O) groups excluding carboxylic acids is 1. The van der Waals surface area contributed by atoms with E-state index in [1.807, 2.05) is 17.9 Å². The Kier molecular flexibility index (Phi) is 12.8. The van der Waals surface area contributed by atoms with E-state index in [9.17, 15) is 18.0 Å². The smallest absolute Gasteiger partial charge is 0.416 e. The van der Waals surface area contributed by atoms with Gasteiger partial charge in [0, 0.05) is 51.3 Å². The normalized spacial score (nSPS) is 14.7. The molecule has 5 aromatic rings. The zero-order valence-corrected chi connectivity index (χ0v) is 32.6. The summed E-state index contributed by atoms with van der Waals surface area (Å²) < 4.78 is 56.2. The lowest BCUT2D eigenvalue weighted by atomic mass is 9.92. The maximum absolute atomic E-state index is 13.1. The molecule has 1 aliphatic heterocycles. The fourth-order valence-corrected chi connectivity index (χ4v) is 7.43. The van der Waals surface area contributed by atoms with Gasteiger partial charge in [-0.15, -0.1) is 0 Å². The summed E-state index contributed by atoms with van der Waals surface area (Å²) >= 11 is 6.60. The van der Waals surface area contributed by atoms with Crippen molar-refractivity contribution in [2.45, 2.75) is 58.4 Å². The molecule has 0 radical (unpaired) electrons. The van der Waals surface area contributed by atoms with Crippen molar-refractivity contribution >= 4 is 23.6 Å². The standard InChI is InChI=1S/C46H45ClF3N3O4/c1-32-26-36(27-42(47)45(32)57-43-18-17-41(29-51-43)56-31-35-10-14-39(15-11-35)46(48,49)50)12-19-44(54)53-23-21-52(22-24-53)30-34-8-6-33(7-9-34)20-25-55-40-16-13-37-4-2-3-5-38(37)28-40/h6-19,26-29H,2-5,20-25,30-31H2,1H3. The van der Waals surface area contributed by atoms with Crippen LogP contribution in [0.4, 0.5) is 13.2 Å². The van der Waals surface area contributed by atoms with Crippen molar-refractivity contribution in [2.24, 2.45) is 0 Å². The first kappa shape index (κ1) is 39.9. The molecule has 296 valence electrons. The number of nitrogens with zero attached hydrogens (tertiary/aromatic N) is 3. The van der Waals surface area contributed by atoms with Crippen molar-refractivity contribution < 1.29 is 32.2 Å². The lowest BCUT2D eigenvalue weighted by Crippen LogP contribution is -2.47. The van der Waals surface area contributed by atoms with E-state index >= 15 is 0 Å². The van der Waals surface area contributed by atoms with Gasteiger partial charge >= 0.3 is 6.18 Å². The van der Waals surface area contributed by atoms with Crippen LogP contribution >= 0.6 is 11.6 Å². The highest BCUT2D eigenvalue weighted by atomic mass is 35.5. The molecule has 7 nitrogen and oxygen atoms in total. The van der Waals surface area contributed by atoms with Crippen LogP contribution < -0.4 is 14.2 Å². The minimum Gasteiger partial charge on any atom is -0.493 e. The molecule has 2 heterocycles. The van der Waals surface area contributed by atoms with E-state index in [1.54, 1.807) is 30.4 Å². The molecule has 1 fully saturated rings. The van der Waals surface area contributed by atoms with Crippen LogP contribution in [0, 0.1) is 6.92 Å². The number of hydrogen-bond donors (Lipinski definition) is 0. The topological polar surface area (TPSA) is 64.1 Å². The number of alkyl halides is 3. The monoisotopic (exact) mass is 795 g/mol. The van der Waals surface area contributed by atoms with Crippen molar-refractivity contribution in [2.75, 3.05) is 32.8 Å². The number of carbonyl (C=O) groups is 1. The molecule has 0 spiro atoms. The van der Waals surface area contributed by atoms with Crippen LogP contribution in [-0.4, -0.2) is 53.5 Å². The number of fused-ring (bicyclic) bond motifs is 1. The van der Waals surface area contributed by atoms with Gasteiger partial charge < -0.3 is 19.1 Å². The molecule has 7 rings (SSSR count). The third-order valence-corrected chi connectivity index (χ3v) is 10.6. The van der Waals surface area contributed by atoms with Gasteiger partial charge in [0.1, 0.15) is 18.1 Å². The summed E-state index contributed by atoms with van der Waals surface area (Å²) in [5, 5.41) is 0.367. The van der Waals surface area contributed by atoms with Gasteiger partial charge in [0.25, 0.3) is 0 Å². The average Bonchev–Trinajstić information content (AvgIpc) is 3.21. The SMILES string of the molecule is Cc1cc(C=CC(=O)N2CCN(Cc3ccc(CCOc4ccc5c(c4)CCCC5)cc3)CC2)cc(Cl)c1Oc1ccc(OCc2ccc(C(F)(F)F)cc2)cn1. The summed E-state index contributed by atoms with van der Waals surface area (Å²) in [6.45, 7) is 6.35. The van der Waals surface area contributed by atoms with Crippen LogP contribution in [0.1, 0.15) is 57.3 Å². The van der Waals surface area contributed by atoms with Crippen molar-refractivity contribution in [3.05, 3.63) is 153 Å². The van der Waals surface area contributed by atoms with E-state index in [4.69, 9.17) is 25.8 Å². The number of hydrogen-bond acceptors (Lipinski definition) is 6. The molecule has 1 amide bonds. The average molecular weight is 796 g/mol. The molecule has 2 aliphatic rings. The second kappa shape index (κ2) is 18.3. The summed E-state index contributed by atoms with van der Waals surface area (Å²) in [7, 11) is 0. The molecule has 1 saturated heterocycles. The van der Waals surface area contributed by atoms with E-state index in [1.165, 1.54) is 59.8 Å². The Hall–Kier alpha value is -5.32. The molecule has 1 aliphatic carbocycles. The predicted molar refractivity (Wildman–Crippen MR) is 216 cm³/mol. The first-order valence-corrected chi connectivity index (χ1v) is 19.7. The highest BCUT2D eigenvalue weighted by Gasteiger charge is 2.30. The van der Waals surface area contributed by atoms with Crippen molar-refractivity contribution in [1.82, 2.24) is 14.8 Å². The number of aromatic nitrogens is 1. The first-order chi connectivity index (χ1) is 27.6. The van der Waals surface area contributed by atoms with Crippen molar-refractivity contribution in [3.63, 3.8) is 0 Å². The van der Waals surface area contributed by atoms with Gasteiger partial charge in [-0.05, 0) is 120 Å². The van der Waals surface area contributed by atoms with Crippen LogP contribution in [0.5, 0.6) is 23.1 Å². The Labute approximate surface area is 336 Å². The Morgan fingerprint density at radius 2 is 1.51 bits per heavy atom. The Bertz CT molecular complexity index is 2140. The molecule has 0 atom stereocenters. The lowest BCUT2D eigenvalue weighted by Gasteiger charge is -2.34. The summed E-state index contributed by atoms with van der Waals surface area (Å²) in [5.41, 5.74) is 6.84. The minimum absolute atomic E-state index is 0.0458. The number of benzene rings is 4. The number of rotatable bonds is 13. The summed E-state index contributed by atoms with van der Waals surface area (Å²) in [4.78, 5) is 21.6. The van der Waals surface area contributed by atoms with Gasteiger partial charge in [-0.1, -0.05) is 54.1 Å². The molecular formula is C46H45ClF3N3O4. The van der Waals surface area contributed by atoms with Gasteiger partial charge in [0.05, 0.1) is 23.4 Å². The molecule has 0 bridgehead atoms. The van der Waals surface area contributed by atoms with Crippen LogP contribution in [0.3, 0.4) is 0 Å². The Morgan fingerprint density at radius 1 is 0.807 bits per heavy atom. The molecule has 57 heavy (non-hydrogen) atoms. The maximum atomic E-state index is 13.1. The zero-order chi connectivity index (χ0) is 39.8. The number of piperazine rings is 1. The van der Waals surface area contributed by atoms with Gasteiger partial charge in [-0.3, -0.25) is 9.69 Å². The van der Waals surface area contributed by atoms with Gasteiger partial charge in [-0.25, -0.2) is 4.98 Å². The van der Waals surface area contributed by atoms with Crippen LogP contribution in [0.25, 0.3) is 6.08 Å². The van der Waals surface area contributed by atoms with E-state index < -0.39 is 11.7 Å². The number of ether oxygens (including phenoxy) is 3. The fraction of sp³-hybridized carbons (Fsp3) is 0.304. The fourth-order valence-electron chi connectivity index (χ4n) is 7.11. The van der Waals surface area contributed by atoms with Gasteiger partial charge in [0.2, 0.25) is 11.8 Å². The van der Waals surface area contributed by atoms with Crippen LogP contribution in [-0.2, 0) is 43.4 Å². The maximum Gasteiger partial charge on any atom is 0.416 e. The van der Waals surface area contributed by atoms with Gasteiger partial charge in [0.15, 0.2) is 5.75 Å². The summed E-state index contributed by atoms with van der Waals surface area (Å²) in [6, 6.07) is 27.0. The van der Waals surface area contributed by atoms with Crippen molar-refractivity contribution in [3.8, 4) is 23.1 Å². The first-order valence-electron chi connectivity index (χ1n) is 19.3. The highest BCUT2D eigenvalue weighted by Crippen LogP contribution is 2.34. The predicted octanol–water partition coefficient (Wildman–Crippen LogP) is 10.3. The molecule has 0 unspecified atom stereocenters. The zero-order valence-electron chi connectivity index (χ0n) is 31.9. The number of amides is 1. The third kappa shape index (κ3) is 11.0. The van der Waals surface area contributed by atoms with E-state index in [0.717, 1.165) is 61.5 Å². The molecule has 0 saturated carbocycles. The Morgan fingerprint density at radius 3 is 2.21 bits per heavy atom. The quantitative estimate of drug-likeness (QED) is 0.111. The van der Waals surface area contributed by atoms with Crippen LogP contribution in [0.15, 0.2) is 103 Å². The number of aryl methyl sites for hydroxylation is 3. The molecule has 0 N–H and O–H groups in total. The van der Waals surface area contributed by atoms with E-state index in [2.05, 4.69) is 52.3 Å². The molecule has 11 heteroatoms. The van der Waals surface area contributed by atoms with E-state index in [0.29, 0.717) is 47.7 Å². The molecule has 4 aromatic carbocycles. The second-order valence-corrected chi connectivity index (χ2v) is 15.0. The van der Waals surface area contributed by atoms with Crippen LogP contribution in [0.2, 0.25) is 5.02 Å². The summed E-state index contributed by atoms with van der Waals surface area (Å²) in [6.07, 6.45) is 6.17. The highest BCUT2D eigenvalue weighted by molar-refractivity contribution is 6.32. The molecular weight excluding hydrogens is 751 g/mol. The largest absolute Gasteiger partial charge is 0.493 e. The second-order valence-electron chi connectivity index (χ2n) is 14.6. The third-order valence-electron chi connectivity index (χ3n) is 10.4. The van der Waals surface area contributed by atoms with E-state index in [-0.39, 0.29) is 12.5 Å². The van der Waals surface area contributed by atoms with Gasteiger partial charge in [-0.2, -0.15) is 13.2 Å². The molecule has 1 aromatic heterocycles. The lowest BCUT2D eigenvalue weighted by molar-refractivity contribution is -0.137. The number of pyridine rings is 1. The number of halogens is 4. The summed E-state index contributed by atoms with van der Waals surface area (Å²) in [5.74, 6) is 2.08. The minimum atomic E-state index is -4.39. The van der Waals surface area contributed by atoms with Crippen molar-refractivity contribution in [1.29, 1.82) is 0 Å². The Balaban J connectivity index is 0.829.